The van der Waals surface area contributed by atoms with Crippen molar-refractivity contribution in [2.24, 2.45) is 0 Å². The maximum absolute atomic E-state index is 12.1. The van der Waals surface area contributed by atoms with Gasteiger partial charge in [-0.2, -0.15) is 0 Å². The number of H-pyrrole nitrogens is 1. The van der Waals surface area contributed by atoms with Crippen LogP contribution in [0.5, 0.6) is 0 Å². The molecule has 6 nitrogen and oxygen atoms in total. The van der Waals surface area contributed by atoms with Crippen molar-refractivity contribution in [3.05, 3.63) is 46.0 Å². The first kappa shape index (κ1) is 15.2. The van der Waals surface area contributed by atoms with Crippen molar-refractivity contribution in [3.63, 3.8) is 0 Å². The third kappa shape index (κ3) is 3.49. The summed E-state index contributed by atoms with van der Waals surface area (Å²) in [5, 5.41) is 2.66. The number of nitrogens with zero attached hydrogens (tertiary/aromatic N) is 1. The molecule has 2 aromatic heterocycles. The van der Waals surface area contributed by atoms with Gasteiger partial charge in [0.15, 0.2) is 0 Å². The molecule has 0 aromatic carbocycles. The quantitative estimate of drug-likeness (QED) is 0.655. The summed E-state index contributed by atoms with van der Waals surface area (Å²) in [5.41, 5.74) is 1.57. The van der Waals surface area contributed by atoms with E-state index in [2.05, 4.69) is 31.2 Å². The van der Waals surface area contributed by atoms with Crippen molar-refractivity contribution in [1.29, 1.82) is 0 Å². The van der Waals surface area contributed by atoms with Gasteiger partial charge >= 0.3 is 5.97 Å². The highest BCUT2D eigenvalue weighted by Gasteiger charge is 2.20. The van der Waals surface area contributed by atoms with Crippen LogP contribution in [-0.2, 0) is 4.74 Å². The molecular formula is C14H14BrN3O3. The number of esters is 1. The number of aromatic nitrogens is 2. The van der Waals surface area contributed by atoms with Crippen LogP contribution >= 0.6 is 15.9 Å². The smallest absolute Gasteiger partial charge is 0.342 e. The number of carbonyl (C=O) groups is 2. The molecule has 2 heterocycles. The second-order valence-corrected chi connectivity index (χ2v) is 5.03. The van der Waals surface area contributed by atoms with Crippen LogP contribution in [0.25, 0.3) is 0 Å². The highest BCUT2D eigenvalue weighted by molar-refractivity contribution is 9.10. The van der Waals surface area contributed by atoms with Crippen molar-refractivity contribution < 1.29 is 14.3 Å². The molecule has 0 aliphatic carbocycles. The minimum absolute atomic E-state index is 0.248. The van der Waals surface area contributed by atoms with Gasteiger partial charge < -0.3 is 15.0 Å². The lowest BCUT2D eigenvalue weighted by molar-refractivity contribution is 0.0527. The predicted octanol–water partition coefficient (Wildman–Crippen LogP) is 2.91. The summed E-state index contributed by atoms with van der Waals surface area (Å²) in [5.74, 6) is -0.880. The van der Waals surface area contributed by atoms with E-state index < -0.39 is 11.9 Å². The molecule has 2 aromatic rings. The number of amides is 1. The van der Waals surface area contributed by atoms with Gasteiger partial charge in [-0.15, -0.1) is 0 Å². The molecule has 1 amide bonds. The summed E-state index contributed by atoms with van der Waals surface area (Å²) < 4.78 is 5.54. The van der Waals surface area contributed by atoms with Crippen LogP contribution < -0.4 is 5.32 Å². The summed E-state index contributed by atoms with van der Waals surface area (Å²) in [6, 6.07) is 5.02. The Morgan fingerprint density at radius 1 is 1.43 bits per heavy atom. The van der Waals surface area contributed by atoms with Gasteiger partial charge in [-0.3, -0.25) is 4.79 Å². The van der Waals surface area contributed by atoms with Gasteiger partial charge in [-0.25, -0.2) is 9.78 Å². The molecule has 21 heavy (non-hydrogen) atoms. The minimum atomic E-state index is -0.478. The van der Waals surface area contributed by atoms with Gasteiger partial charge in [0.2, 0.25) is 0 Å². The molecule has 0 saturated carbocycles. The van der Waals surface area contributed by atoms with Crippen LogP contribution in [0.4, 0.5) is 5.69 Å². The highest BCUT2D eigenvalue weighted by Crippen LogP contribution is 2.21. The summed E-state index contributed by atoms with van der Waals surface area (Å²) in [6.45, 7) is 3.73. The first-order chi connectivity index (χ1) is 10.0. The lowest BCUT2D eigenvalue weighted by Gasteiger charge is -2.07. The van der Waals surface area contributed by atoms with Crippen molar-refractivity contribution in [2.75, 3.05) is 11.9 Å². The van der Waals surface area contributed by atoms with E-state index in [0.29, 0.717) is 21.5 Å². The predicted molar refractivity (Wildman–Crippen MR) is 81.4 cm³/mol. The number of hydrogen-bond acceptors (Lipinski definition) is 4. The van der Waals surface area contributed by atoms with E-state index in [1.54, 1.807) is 38.2 Å². The number of halogens is 1. The van der Waals surface area contributed by atoms with Crippen molar-refractivity contribution in [3.8, 4) is 0 Å². The van der Waals surface area contributed by atoms with E-state index in [1.165, 1.54) is 0 Å². The zero-order valence-electron chi connectivity index (χ0n) is 11.6. The van der Waals surface area contributed by atoms with Crippen LogP contribution in [0.3, 0.4) is 0 Å². The summed E-state index contributed by atoms with van der Waals surface area (Å²) in [7, 11) is 0. The van der Waals surface area contributed by atoms with Crippen molar-refractivity contribution >= 4 is 33.5 Å². The monoisotopic (exact) mass is 351 g/mol. The molecular weight excluding hydrogens is 338 g/mol. The Morgan fingerprint density at radius 2 is 2.19 bits per heavy atom. The average Bonchev–Trinajstić information content (AvgIpc) is 2.80. The van der Waals surface area contributed by atoms with E-state index in [-0.39, 0.29) is 12.3 Å². The molecule has 2 rings (SSSR count). The van der Waals surface area contributed by atoms with Crippen LogP contribution in [0.2, 0.25) is 0 Å². The minimum Gasteiger partial charge on any atom is -0.462 e. The number of carbonyl (C=O) groups excluding carboxylic acids is 2. The number of ether oxygens (including phenoxy) is 1. The van der Waals surface area contributed by atoms with E-state index >= 15 is 0 Å². The molecule has 0 fully saturated rings. The third-order valence-corrected chi connectivity index (χ3v) is 3.19. The fourth-order valence-electron chi connectivity index (χ4n) is 1.81. The first-order valence-electron chi connectivity index (χ1n) is 6.32. The van der Waals surface area contributed by atoms with Gasteiger partial charge in [-0.1, -0.05) is 6.07 Å². The largest absolute Gasteiger partial charge is 0.462 e. The molecule has 0 aliphatic rings. The maximum Gasteiger partial charge on any atom is 0.342 e. The van der Waals surface area contributed by atoms with Crippen LogP contribution in [0.1, 0.15) is 33.5 Å². The molecule has 0 spiro atoms. The summed E-state index contributed by atoms with van der Waals surface area (Å²) in [4.78, 5) is 31.0. The lowest BCUT2D eigenvalue weighted by Crippen LogP contribution is -2.16. The van der Waals surface area contributed by atoms with Gasteiger partial charge in [0.05, 0.1) is 12.3 Å². The van der Waals surface area contributed by atoms with Crippen LogP contribution in [-0.4, -0.2) is 28.5 Å². The Morgan fingerprint density at radius 3 is 2.86 bits per heavy atom. The number of pyridine rings is 1. The summed E-state index contributed by atoms with van der Waals surface area (Å²) >= 11 is 3.21. The van der Waals surface area contributed by atoms with Gasteiger partial charge in [0, 0.05) is 11.9 Å². The second kappa shape index (κ2) is 6.53. The number of aromatic amines is 1. The first-order valence-corrected chi connectivity index (χ1v) is 7.11. The molecule has 0 radical (unpaired) electrons. The van der Waals surface area contributed by atoms with E-state index in [1.807, 2.05) is 0 Å². The lowest BCUT2D eigenvalue weighted by atomic mass is 10.2. The molecule has 0 bridgehead atoms. The molecule has 0 atom stereocenters. The zero-order chi connectivity index (χ0) is 15.4. The Labute approximate surface area is 130 Å². The Bertz CT molecular complexity index is 682. The second-order valence-electron chi connectivity index (χ2n) is 4.22. The Hall–Kier alpha value is -2.15. The van der Waals surface area contributed by atoms with Gasteiger partial charge in [0.1, 0.15) is 15.9 Å². The Balaban J connectivity index is 2.24. The molecule has 110 valence electrons. The number of rotatable bonds is 4. The third-order valence-electron chi connectivity index (χ3n) is 2.75. The Kier molecular flexibility index (Phi) is 4.74. The average molecular weight is 352 g/mol. The molecule has 2 N–H and O–H groups in total. The number of anilines is 1. The number of hydrogen-bond donors (Lipinski definition) is 2. The van der Waals surface area contributed by atoms with E-state index in [4.69, 9.17) is 4.74 Å². The van der Waals surface area contributed by atoms with Crippen molar-refractivity contribution in [1.82, 2.24) is 9.97 Å². The van der Waals surface area contributed by atoms with Crippen molar-refractivity contribution in [2.45, 2.75) is 13.8 Å². The fourth-order valence-corrected chi connectivity index (χ4v) is 2.16. The maximum atomic E-state index is 12.1. The SMILES string of the molecule is CCOC(=O)c1c(NC(=O)c2cccc(Br)n2)c[nH]c1C. The molecule has 0 unspecified atom stereocenters. The van der Waals surface area contributed by atoms with Gasteiger partial charge in [-0.05, 0) is 41.9 Å². The van der Waals surface area contributed by atoms with E-state index in [0.717, 1.165) is 0 Å². The summed E-state index contributed by atoms with van der Waals surface area (Å²) in [6.07, 6.45) is 1.55. The number of nitrogens with one attached hydrogen (secondary N) is 2. The molecule has 0 aliphatic heterocycles. The van der Waals surface area contributed by atoms with Crippen LogP contribution in [0.15, 0.2) is 29.0 Å². The van der Waals surface area contributed by atoms with E-state index in [9.17, 15) is 9.59 Å². The number of aryl methyl sites for hydroxylation is 1. The molecule has 7 heteroatoms. The standard InChI is InChI=1S/C14H14BrN3O3/c1-3-21-14(20)12-8(2)16-7-10(12)18-13(19)9-5-4-6-11(15)17-9/h4-7,16H,3H2,1-2H3,(H,18,19). The normalized spacial score (nSPS) is 10.2. The zero-order valence-corrected chi connectivity index (χ0v) is 13.2. The fraction of sp³-hybridized carbons (Fsp3) is 0.214. The topological polar surface area (TPSA) is 84.1 Å². The van der Waals surface area contributed by atoms with Gasteiger partial charge in [0.25, 0.3) is 5.91 Å². The highest BCUT2D eigenvalue weighted by atomic mass is 79.9. The van der Waals surface area contributed by atoms with Crippen LogP contribution in [0, 0.1) is 6.92 Å². The molecule has 0 saturated heterocycles.